The van der Waals surface area contributed by atoms with Crippen molar-refractivity contribution in [2.75, 3.05) is 0 Å². The lowest BCUT2D eigenvalue weighted by Gasteiger charge is -1.97. The Bertz CT molecular complexity index is 757. The van der Waals surface area contributed by atoms with E-state index in [-0.39, 0.29) is 6.42 Å². The minimum absolute atomic E-state index is 0.199. The molecule has 104 valence electrons. The smallest absolute Gasteiger partial charge is 0.303 e. The summed E-state index contributed by atoms with van der Waals surface area (Å²) < 4.78 is 2.04. The van der Waals surface area contributed by atoms with Gasteiger partial charge in [0.1, 0.15) is 11.4 Å². The molecule has 0 saturated carbocycles. The van der Waals surface area contributed by atoms with E-state index in [9.17, 15) is 4.79 Å². The topological polar surface area (TPSA) is 67.5 Å². The van der Waals surface area contributed by atoms with Crippen LogP contribution in [-0.4, -0.2) is 25.4 Å². The van der Waals surface area contributed by atoms with Crippen LogP contribution in [0.25, 0.3) is 16.3 Å². The molecule has 3 heterocycles. The van der Waals surface area contributed by atoms with Gasteiger partial charge in [0, 0.05) is 29.1 Å². The molecule has 3 rings (SSSR count). The summed E-state index contributed by atoms with van der Waals surface area (Å²) in [7, 11) is 0. The Labute approximate surface area is 123 Å². The average molecular weight is 307 g/mol. The third kappa shape index (κ3) is 2.59. The minimum Gasteiger partial charge on any atom is -0.481 e. The van der Waals surface area contributed by atoms with Crippen molar-refractivity contribution < 1.29 is 9.90 Å². The van der Waals surface area contributed by atoms with E-state index < -0.39 is 5.97 Å². The molecule has 5 nitrogen and oxygen atoms in total. The zero-order valence-electron chi connectivity index (χ0n) is 10.9. The van der Waals surface area contributed by atoms with E-state index in [1.165, 1.54) is 0 Å². The summed E-state index contributed by atoms with van der Waals surface area (Å²) in [5.74, 6) is -0.749. The Morgan fingerprint density at radius 2 is 2.15 bits per heavy atom. The Morgan fingerprint density at radius 3 is 2.85 bits per heavy atom. The van der Waals surface area contributed by atoms with Crippen LogP contribution < -0.4 is 0 Å². The van der Waals surface area contributed by atoms with Gasteiger partial charge in [0.05, 0.1) is 5.01 Å². The molecule has 0 saturated heterocycles. The quantitative estimate of drug-likeness (QED) is 0.786. The van der Waals surface area contributed by atoms with E-state index in [0.717, 1.165) is 33.5 Å². The van der Waals surface area contributed by atoms with E-state index in [1.807, 2.05) is 28.3 Å². The highest BCUT2D eigenvalue weighted by molar-refractivity contribution is 7.15. The number of carboxylic acid groups (broad SMARTS) is 1. The van der Waals surface area contributed by atoms with Crippen LogP contribution in [0.2, 0.25) is 0 Å². The lowest BCUT2D eigenvalue weighted by molar-refractivity contribution is -0.137. The lowest BCUT2D eigenvalue weighted by atomic mass is 10.2. The molecule has 0 aliphatic heterocycles. The van der Waals surface area contributed by atoms with Gasteiger partial charge in [-0.1, -0.05) is 0 Å². The fraction of sp³-hybridized carbons (Fsp3) is 0.308. The number of carbonyl (C=O) groups is 1. The van der Waals surface area contributed by atoms with Crippen LogP contribution in [0, 0.1) is 6.92 Å². The highest BCUT2D eigenvalue weighted by Gasteiger charge is 2.11. The van der Waals surface area contributed by atoms with Crippen molar-refractivity contribution in [1.82, 2.24) is 14.4 Å². The summed E-state index contributed by atoms with van der Waals surface area (Å²) in [5.41, 5.74) is 2.89. The number of thiazole rings is 2. The summed E-state index contributed by atoms with van der Waals surface area (Å²) in [6.45, 7) is 1.98. The first-order chi connectivity index (χ1) is 9.63. The molecule has 0 bridgehead atoms. The van der Waals surface area contributed by atoms with E-state index in [0.29, 0.717) is 6.42 Å². The maximum Gasteiger partial charge on any atom is 0.303 e. The average Bonchev–Trinajstić information content (AvgIpc) is 3.05. The predicted molar refractivity (Wildman–Crippen MR) is 79.5 cm³/mol. The van der Waals surface area contributed by atoms with Gasteiger partial charge in [-0.3, -0.25) is 9.20 Å². The number of aliphatic carboxylic acids is 1. The van der Waals surface area contributed by atoms with E-state index in [2.05, 4.69) is 9.97 Å². The van der Waals surface area contributed by atoms with Gasteiger partial charge in [-0.2, -0.15) is 0 Å². The van der Waals surface area contributed by atoms with Gasteiger partial charge in [0.15, 0.2) is 4.96 Å². The van der Waals surface area contributed by atoms with Gasteiger partial charge >= 0.3 is 5.97 Å². The van der Waals surface area contributed by atoms with Crippen molar-refractivity contribution in [3.63, 3.8) is 0 Å². The SMILES string of the molecule is Cc1nc(-c2cn3c(CCCC(=O)O)csc3n2)cs1. The van der Waals surface area contributed by atoms with Crippen molar-refractivity contribution in [1.29, 1.82) is 0 Å². The van der Waals surface area contributed by atoms with Crippen LogP contribution in [0.1, 0.15) is 23.5 Å². The molecule has 0 aliphatic rings. The molecule has 0 unspecified atom stereocenters. The van der Waals surface area contributed by atoms with Gasteiger partial charge in [0.25, 0.3) is 0 Å². The maximum atomic E-state index is 10.6. The van der Waals surface area contributed by atoms with Crippen LogP contribution in [0.3, 0.4) is 0 Å². The van der Waals surface area contributed by atoms with E-state index >= 15 is 0 Å². The number of nitrogens with zero attached hydrogens (tertiary/aromatic N) is 3. The third-order valence-corrected chi connectivity index (χ3v) is 4.65. The molecule has 0 aliphatic carbocycles. The Kier molecular flexibility index (Phi) is 3.54. The van der Waals surface area contributed by atoms with Gasteiger partial charge in [-0.15, -0.1) is 22.7 Å². The molecule has 3 aromatic heterocycles. The third-order valence-electron chi connectivity index (χ3n) is 2.99. The molecule has 0 radical (unpaired) electrons. The first kappa shape index (κ1) is 13.3. The van der Waals surface area contributed by atoms with Crippen molar-refractivity contribution in [2.24, 2.45) is 0 Å². The second-order valence-electron chi connectivity index (χ2n) is 4.50. The van der Waals surface area contributed by atoms with E-state index in [4.69, 9.17) is 5.11 Å². The summed E-state index contributed by atoms with van der Waals surface area (Å²) in [5, 5.41) is 13.8. The Hall–Kier alpha value is -1.73. The number of carboxylic acids is 1. The number of rotatable bonds is 5. The minimum atomic E-state index is -0.749. The molecule has 20 heavy (non-hydrogen) atoms. The molecule has 7 heteroatoms. The lowest BCUT2D eigenvalue weighted by Crippen LogP contribution is -1.97. The monoisotopic (exact) mass is 307 g/mol. The molecule has 0 atom stereocenters. The van der Waals surface area contributed by atoms with Crippen LogP contribution >= 0.6 is 22.7 Å². The molecule has 0 amide bonds. The first-order valence-corrected chi connectivity index (χ1v) is 7.99. The zero-order valence-corrected chi connectivity index (χ0v) is 12.5. The molecule has 1 N–H and O–H groups in total. The summed E-state index contributed by atoms with van der Waals surface area (Å²) in [6.07, 6.45) is 3.57. The van der Waals surface area contributed by atoms with Gasteiger partial charge in [-0.05, 0) is 19.8 Å². The van der Waals surface area contributed by atoms with Crippen molar-refractivity contribution in [2.45, 2.75) is 26.2 Å². The van der Waals surface area contributed by atoms with Crippen molar-refractivity contribution in [3.05, 3.63) is 27.7 Å². The largest absolute Gasteiger partial charge is 0.481 e. The highest BCUT2D eigenvalue weighted by atomic mass is 32.1. The van der Waals surface area contributed by atoms with Gasteiger partial charge in [-0.25, -0.2) is 9.97 Å². The maximum absolute atomic E-state index is 10.6. The number of fused-ring (bicyclic) bond motifs is 1. The number of aryl methyl sites for hydroxylation is 2. The second kappa shape index (κ2) is 5.34. The molecule has 0 aromatic carbocycles. The van der Waals surface area contributed by atoms with Crippen molar-refractivity contribution in [3.8, 4) is 11.4 Å². The number of hydrogen-bond donors (Lipinski definition) is 1. The van der Waals surface area contributed by atoms with Gasteiger partial charge < -0.3 is 5.11 Å². The van der Waals surface area contributed by atoms with E-state index in [1.54, 1.807) is 22.7 Å². The summed E-state index contributed by atoms with van der Waals surface area (Å²) >= 11 is 3.19. The Morgan fingerprint density at radius 1 is 1.30 bits per heavy atom. The highest BCUT2D eigenvalue weighted by Crippen LogP contribution is 2.25. The fourth-order valence-electron chi connectivity index (χ4n) is 2.03. The van der Waals surface area contributed by atoms with Gasteiger partial charge in [0.2, 0.25) is 0 Å². The van der Waals surface area contributed by atoms with Crippen LogP contribution in [0.4, 0.5) is 0 Å². The number of imidazole rings is 1. The molecule has 3 aromatic rings. The fourth-order valence-corrected chi connectivity index (χ4v) is 3.55. The zero-order chi connectivity index (χ0) is 14.1. The normalized spacial score (nSPS) is 11.2. The van der Waals surface area contributed by atoms with Crippen LogP contribution in [0.5, 0.6) is 0 Å². The standard InChI is InChI=1S/C13H13N3O2S2/c1-8-14-11(7-19-8)10-5-16-9(3-2-4-12(17)18)6-20-13(16)15-10/h5-7H,2-4H2,1H3,(H,17,18). The first-order valence-electron chi connectivity index (χ1n) is 6.23. The second-order valence-corrected chi connectivity index (χ2v) is 6.40. The Balaban J connectivity index is 1.85. The summed E-state index contributed by atoms with van der Waals surface area (Å²) in [6, 6.07) is 0. The number of hydrogen-bond acceptors (Lipinski definition) is 5. The predicted octanol–water partition coefficient (Wildman–Crippen LogP) is 3.24. The molecular formula is C13H13N3O2S2. The molecule has 0 spiro atoms. The van der Waals surface area contributed by atoms with Crippen LogP contribution in [-0.2, 0) is 11.2 Å². The van der Waals surface area contributed by atoms with Crippen molar-refractivity contribution >= 4 is 33.6 Å². The molecular weight excluding hydrogens is 294 g/mol. The number of aromatic nitrogens is 3. The molecule has 0 fully saturated rings. The summed E-state index contributed by atoms with van der Waals surface area (Å²) in [4.78, 5) is 20.5. The van der Waals surface area contributed by atoms with Crippen LogP contribution in [0.15, 0.2) is 17.0 Å².